The van der Waals surface area contributed by atoms with Crippen molar-refractivity contribution in [3.05, 3.63) is 70.2 Å². The summed E-state index contributed by atoms with van der Waals surface area (Å²) in [5.74, 6) is -0.604. The van der Waals surface area contributed by atoms with Gasteiger partial charge in [0.05, 0.1) is 0 Å². The molecule has 1 saturated heterocycles. The number of piperazine rings is 1. The van der Waals surface area contributed by atoms with E-state index >= 15 is 0 Å². The maximum atomic E-state index is 13.6. The average Bonchev–Trinajstić information content (AvgIpc) is 3.22. The van der Waals surface area contributed by atoms with E-state index in [1.165, 1.54) is 16.0 Å². The third-order valence-electron chi connectivity index (χ3n) is 5.59. The number of aromatic nitrogens is 1. The second kappa shape index (κ2) is 8.34. The molecule has 2 heterocycles. The number of benzene rings is 2. The van der Waals surface area contributed by atoms with Crippen molar-refractivity contribution in [2.75, 3.05) is 31.1 Å². The number of hydrogen-bond donors (Lipinski definition) is 0. The number of rotatable bonds is 3. The molecule has 8 heteroatoms. The quantitative estimate of drug-likeness (QED) is 0.541. The minimum atomic E-state index is -4.69. The van der Waals surface area contributed by atoms with Crippen molar-refractivity contribution >= 4 is 22.9 Å². The first-order valence-corrected chi connectivity index (χ1v) is 10.8. The molecule has 0 radical (unpaired) electrons. The van der Waals surface area contributed by atoms with Gasteiger partial charge in [-0.2, -0.15) is 13.2 Å². The molecule has 31 heavy (non-hydrogen) atoms. The molecule has 0 atom stereocenters. The summed E-state index contributed by atoms with van der Waals surface area (Å²) in [5.41, 5.74) is 2.93. The van der Waals surface area contributed by atoms with E-state index < -0.39 is 17.8 Å². The summed E-state index contributed by atoms with van der Waals surface area (Å²) in [7, 11) is 0. The summed E-state index contributed by atoms with van der Waals surface area (Å²) in [5, 5.41) is 0.199. The average molecular weight is 446 g/mol. The van der Waals surface area contributed by atoms with Gasteiger partial charge >= 0.3 is 6.18 Å². The Hall–Kier alpha value is -2.87. The molecule has 0 saturated carbocycles. The maximum Gasteiger partial charge on any atom is 0.435 e. The lowest BCUT2D eigenvalue weighted by molar-refractivity contribution is -0.141. The number of carbonyl (C=O) groups is 1. The number of alkyl halides is 3. The van der Waals surface area contributed by atoms with E-state index in [2.05, 4.69) is 16.8 Å². The van der Waals surface area contributed by atoms with E-state index in [1.807, 2.05) is 25.1 Å². The number of carbonyl (C=O) groups excluding carboxylic acids is 1. The molecule has 1 fully saturated rings. The van der Waals surface area contributed by atoms with Gasteiger partial charge in [-0.1, -0.05) is 42.5 Å². The van der Waals surface area contributed by atoms with Crippen molar-refractivity contribution in [1.29, 1.82) is 0 Å². The molecule has 0 unspecified atom stereocenters. The summed E-state index contributed by atoms with van der Waals surface area (Å²) in [4.78, 5) is 20.2. The van der Waals surface area contributed by atoms with Crippen molar-refractivity contribution < 1.29 is 18.0 Å². The van der Waals surface area contributed by atoms with E-state index in [-0.39, 0.29) is 9.88 Å². The standard InChI is InChI=1S/C23H22F3N3OS/c1-15-7-6-10-18(16(15)2)28-11-13-29(14-12-28)22(30)19-20(23(24,25)26)27-21(31-19)17-8-4-3-5-9-17/h3-10H,11-14H2,1-2H3. The molecular weight excluding hydrogens is 423 g/mol. The van der Waals surface area contributed by atoms with Crippen molar-refractivity contribution in [1.82, 2.24) is 9.88 Å². The molecule has 2 aromatic carbocycles. The van der Waals surface area contributed by atoms with E-state index in [4.69, 9.17) is 0 Å². The van der Waals surface area contributed by atoms with Crippen LogP contribution in [0.2, 0.25) is 0 Å². The number of anilines is 1. The summed E-state index contributed by atoms with van der Waals surface area (Å²) in [6.07, 6.45) is -4.69. The lowest BCUT2D eigenvalue weighted by Gasteiger charge is -2.37. The van der Waals surface area contributed by atoms with Crippen molar-refractivity contribution in [3.8, 4) is 10.6 Å². The van der Waals surface area contributed by atoms with Crippen LogP contribution in [0.25, 0.3) is 10.6 Å². The van der Waals surface area contributed by atoms with Gasteiger partial charge in [0.15, 0.2) is 5.69 Å². The second-order valence-electron chi connectivity index (χ2n) is 7.56. The molecule has 4 nitrogen and oxygen atoms in total. The lowest BCUT2D eigenvalue weighted by Crippen LogP contribution is -2.49. The van der Waals surface area contributed by atoms with Gasteiger partial charge in [0.25, 0.3) is 5.91 Å². The third-order valence-corrected chi connectivity index (χ3v) is 6.69. The predicted molar refractivity (Wildman–Crippen MR) is 117 cm³/mol. The van der Waals surface area contributed by atoms with Gasteiger partial charge in [-0.25, -0.2) is 4.98 Å². The van der Waals surface area contributed by atoms with Crippen LogP contribution in [0.3, 0.4) is 0 Å². The highest BCUT2D eigenvalue weighted by molar-refractivity contribution is 7.17. The molecule has 1 aromatic heterocycles. The highest BCUT2D eigenvalue weighted by Gasteiger charge is 2.41. The van der Waals surface area contributed by atoms with Gasteiger partial charge in [-0.3, -0.25) is 4.79 Å². The van der Waals surface area contributed by atoms with Crippen LogP contribution in [0.1, 0.15) is 26.5 Å². The molecule has 1 aliphatic heterocycles. The van der Waals surface area contributed by atoms with E-state index in [0.29, 0.717) is 31.7 Å². The van der Waals surface area contributed by atoms with Gasteiger partial charge in [0, 0.05) is 37.4 Å². The van der Waals surface area contributed by atoms with Crippen molar-refractivity contribution in [2.45, 2.75) is 20.0 Å². The number of amides is 1. The first kappa shape index (κ1) is 21.4. The van der Waals surface area contributed by atoms with Crippen LogP contribution in [0.15, 0.2) is 48.5 Å². The van der Waals surface area contributed by atoms with Crippen LogP contribution in [0, 0.1) is 13.8 Å². The Morgan fingerprint density at radius 1 is 0.968 bits per heavy atom. The fraction of sp³-hybridized carbons (Fsp3) is 0.304. The fourth-order valence-electron chi connectivity index (χ4n) is 3.73. The molecule has 1 aliphatic rings. The summed E-state index contributed by atoms with van der Waals surface area (Å²) < 4.78 is 40.9. The van der Waals surface area contributed by atoms with E-state index in [0.717, 1.165) is 17.0 Å². The Labute approximate surface area is 182 Å². The fourth-order valence-corrected chi connectivity index (χ4v) is 4.79. The molecule has 0 bridgehead atoms. The Balaban J connectivity index is 1.56. The summed E-state index contributed by atoms with van der Waals surface area (Å²) >= 11 is 0.807. The zero-order valence-corrected chi connectivity index (χ0v) is 18.1. The number of halogens is 3. The van der Waals surface area contributed by atoms with Crippen molar-refractivity contribution in [2.24, 2.45) is 0 Å². The first-order valence-electron chi connectivity index (χ1n) is 9.99. The molecule has 1 amide bonds. The molecule has 4 rings (SSSR count). The Bertz CT molecular complexity index is 1090. The third kappa shape index (κ3) is 4.30. The van der Waals surface area contributed by atoms with Crippen LogP contribution in [0.5, 0.6) is 0 Å². The van der Waals surface area contributed by atoms with Crippen LogP contribution >= 0.6 is 11.3 Å². The predicted octanol–water partition coefficient (Wildman–Crippen LogP) is 5.41. The van der Waals surface area contributed by atoms with Gasteiger partial charge in [-0.15, -0.1) is 11.3 Å². The largest absolute Gasteiger partial charge is 0.435 e. The van der Waals surface area contributed by atoms with Crippen LogP contribution in [-0.2, 0) is 6.18 Å². The number of nitrogens with zero attached hydrogens (tertiary/aromatic N) is 3. The zero-order chi connectivity index (χ0) is 22.2. The van der Waals surface area contributed by atoms with Crippen molar-refractivity contribution in [3.63, 3.8) is 0 Å². The Morgan fingerprint density at radius 2 is 1.65 bits per heavy atom. The lowest BCUT2D eigenvalue weighted by atomic mass is 10.1. The highest BCUT2D eigenvalue weighted by atomic mass is 32.1. The van der Waals surface area contributed by atoms with Gasteiger partial charge in [0.2, 0.25) is 0 Å². The molecule has 0 aliphatic carbocycles. The molecule has 3 aromatic rings. The van der Waals surface area contributed by atoms with Gasteiger partial charge < -0.3 is 9.80 Å². The normalized spacial score (nSPS) is 14.7. The van der Waals surface area contributed by atoms with E-state index in [1.54, 1.807) is 30.3 Å². The first-order chi connectivity index (χ1) is 14.8. The molecule has 162 valence electrons. The van der Waals surface area contributed by atoms with Crippen LogP contribution in [0.4, 0.5) is 18.9 Å². The van der Waals surface area contributed by atoms with Crippen LogP contribution in [-0.4, -0.2) is 42.0 Å². The minimum Gasteiger partial charge on any atom is -0.368 e. The summed E-state index contributed by atoms with van der Waals surface area (Å²) in [6.45, 7) is 5.97. The smallest absolute Gasteiger partial charge is 0.368 e. The molecule has 0 spiro atoms. The SMILES string of the molecule is Cc1cccc(N2CCN(C(=O)c3sc(-c4ccccc4)nc3C(F)(F)F)CC2)c1C. The van der Waals surface area contributed by atoms with Gasteiger partial charge in [-0.05, 0) is 31.0 Å². The monoisotopic (exact) mass is 445 g/mol. The zero-order valence-electron chi connectivity index (χ0n) is 17.2. The second-order valence-corrected chi connectivity index (χ2v) is 8.56. The topological polar surface area (TPSA) is 36.4 Å². The highest BCUT2D eigenvalue weighted by Crippen LogP contribution is 2.38. The van der Waals surface area contributed by atoms with Gasteiger partial charge in [0.1, 0.15) is 9.88 Å². The molecular formula is C23H22F3N3OS. The maximum absolute atomic E-state index is 13.6. The summed E-state index contributed by atoms with van der Waals surface area (Å²) in [6, 6.07) is 14.7. The number of aryl methyl sites for hydroxylation is 1. The Kier molecular flexibility index (Phi) is 5.75. The minimum absolute atomic E-state index is 0.199. The molecule has 0 N–H and O–H groups in total. The Morgan fingerprint density at radius 3 is 2.29 bits per heavy atom. The van der Waals surface area contributed by atoms with E-state index in [9.17, 15) is 18.0 Å². The number of thiazole rings is 1. The number of hydrogen-bond acceptors (Lipinski definition) is 4. The van der Waals surface area contributed by atoms with Crippen LogP contribution < -0.4 is 4.90 Å².